The fourth-order valence-corrected chi connectivity index (χ4v) is 3.51. The number of rotatable bonds is 11. The van der Waals surface area contributed by atoms with E-state index in [-0.39, 0.29) is 22.6 Å². The van der Waals surface area contributed by atoms with E-state index in [4.69, 9.17) is 0 Å². The zero-order chi connectivity index (χ0) is 23.7. The fourth-order valence-electron chi connectivity index (χ4n) is 3.51. The lowest BCUT2D eigenvalue weighted by molar-refractivity contribution is -0.121. The first-order chi connectivity index (χ1) is 14.4. The van der Waals surface area contributed by atoms with Crippen LogP contribution in [0, 0.1) is 0 Å². The number of phenols is 1. The molecular formula is C26H44N2O3. The fraction of sp³-hybridized carbons (Fsp3) is 0.692. The molecule has 0 radical (unpaired) electrons. The molecule has 0 saturated heterocycles. The molecule has 0 unspecified atom stereocenters. The Hall–Kier alpha value is -2.04. The lowest BCUT2D eigenvalue weighted by Crippen LogP contribution is -2.25. The highest BCUT2D eigenvalue weighted by atomic mass is 16.3. The Morgan fingerprint density at radius 3 is 1.68 bits per heavy atom. The highest BCUT2D eigenvalue weighted by Crippen LogP contribution is 2.39. The molecule has 1 aromatic rings. The number of aryl methyl sites for hydroxylation is 1. The Morgan fingerprint density at radius 1 is 0.806 bits per heavy atom. The van der Waals surface area contributed by atoms with E-state index >= 15 is 0 Å². The van der Waals surface area contributed by atoms with Gasteiger partial charge in [0, 0.05) is 25.9 Å². The van der Waals surface area contributed by atoms with Crippen molar-refractivity contribution >= 4 is 11.8 Å². The number of benzene rings is 1. The molecule has 3 N–H and O–H groups in total. The molecule has 1 rings (SSSR count). The topological polar surface area (TPSA) is 78.4 Å². The van der Waals surface area contributed by atoms with Gasteiger partial charge in [-0.15, -0.1) is 0 Å². The number of carbonyl (C=O) groups excluding carboxylic acids is 2. The summed E-state index contributed by atoms with van der Waals surface area (Å²) in [5.74, 6) is 0.547. The van der Waals surface area contributed by atoms with Crippen molar-refractivity contribution in [3.63, 3.8) is 0 Å². The number of unbranched alkanes of at least 4 members (excludes halogenated alkanes) is 3. The van der Waals surface area contributed by atoms with Crippen LogP contribution < -0.4 is 10.6 Å². The van der Waals surface area contributed by atoms with Gasteiger partial charge in [0.1, 0.15) is 5.75 Å². The van der Waals surface area contributed by atoms with Crippen molar-refractivity contribution in [2.24, 2.45) is 0 Å². The Morgan fingerprint density at radius 2 is 1.26 bits per heavy atom. The second kappa shape index (κ2) is 12.1. The zero-order valence-electron chi connectivity index (χ0n) is 20.8. The summed E-state index contributed by atoms with van der Waals surface area (Å²) in [5, 5.41) is 16.7. The maximum Gasteiger partial charge on any atom is 0.220 e. The van der Waals surface area contributed by atoms with Gasteiger partial charge in [-0.3, -0.25) is 9.59 Å². The number of hydrogen-bond acceptors (Lipinski definition) is 3. The standard InChI is InChI=1S/C26H44N2O3/c1-8-22(29)27-15-11-9-10-12-16-28-23(30)14-13-19-17-20(25(2,3)4)24(31)21(18-19)26(5,6)7/h17-18,31H,8-16H2,1-7H3,(H,27,29)(H,28,30). The molecule has 2 amide bonds. The van der Waals surface area contributed by atoms with Crippen molar-refractivity contribution < 1.29 is 14.7 Å². The number of phenolic OH excluding ortho intramolecular Hbond substituents is 1. The van der Waals surface area contributed by atoms with Crippen LogP contribution in [0.1, 0.15) is 104 Å². The summed E-state index contributed by atoms with van der Waals surface area (Å²) in [6.45, 7) is 15.9. The second-order valence-corrected chi connectivity index (χ2v) is 10.5. The van der Waals surface area contributed by atoms with Crippen molar-refractivity contribution in [3.05, 3.63) is 28.8 Å². The summed E-state index contributed by atoms with van der Waals surface area (Å²) in [6.07, 6.45) is 5.67. The molecule has 0 aliphatic rings. The average Bonchev–Trinajstić information content (AvgIpc) is 2.67. The van der Waals surface area contributed by atoms with Crippen LogP contribution in [-0.2, 0) is 26.8 Å². The number of nitrogens with one attached hydrogen (secondary N) is 2. The van der Waals surface area contributed by atoms with Crippen LogP contribution in [0.4, 0.5) is 0 Å². The lowest BCUT2D eigenvalue weighted by atomic mass is 9.78. The van der Waals surface area contributed by atoms with Crippen molar-refractivity contribution in [3.8, 4) is 5.75 Å². The molecule has 0 aromatic heterocycles. The largest absolute Gasteiger partial charge is 0.507 e. The predicted octanol–water partition coefficient (Wildman–Crippen LogP) is 5.12. The minimum atomic E-state index is -0.165. The normalized spacial score (nSPS) is 12.0. The van der Waals surface area contributed by atoms with E-state index in [1.165, 1.54) is 0 Å². The van der Waals surface area contributed by atoms with Gasteiger partial charge in [0.2, 0.25) is 11.8 Å². The Labute approximate surface area is 189 Å². The molecule has 0 aliphatic carbocycles. The molecule has 0 fully saturated rings. The van der Waals surface area contributed by atoms with Gasteiger partial charge in [-0.05, 0) is 46.8 Å². The van der Waals surface area contributed by atoms with Gasteiger partial charge in [-0.2, -0.15) is 0 Å². The Kier molecular flexibility index (Phi) is 10.5. The van der Waals surface area contributed by atoms with Crippen LogP contribution in [0.2, 0.25) is 0 Å². The van der Waals surface area contributed by atoms with Gasteiger partial charge in [0.25, 0.3) is 0 Å². The molecule has 31 heavy (non-hydrogen) atoms. The monoisotopic (exact) mass is 432 g/mol. The van der Waals surface area contributed by atoms with E-state index in [2.05, 4.69) is 64.3 Å². The molecule has 1 aromatic carbocycles. The van der Waals surface area contributed by atoms with Gasteiger partial charge in [0.05, 0.1) is 0 Å². The second-order valence-electron chi connectivity index (χ2n) is 10.5. The third-order valence-electron chi connectivity index (χ3n) is 5.50. The van der Waals surface area contributed by atoms with Crippen molar-refractivity contribution in [2.75, 3.05) is 13.1 Å². The highest BCUT2D eigenvalue weighted by Gasteiger charge is 2.26. The Bertz CT molecular complexity index is 692. The molecule has 0 bridgehead atoms. The predicted molar refractivity (Wildman–Crippen MR) is 129 cm³/mol. The van der Waals surface area contributed by atoms with E-state index in [0.29, 0.717) is 31.6 Å². The highest BCUT2D eigenvalue weighted by molar-refractivity contribution is 5.76. The van der Waals surface area contributed by atoms with E-state index in [9.17, 15) is 14.7 Å². The lowest BCUT2D eigenvalue weighted by Gasteiger charge is -2.28. The van der Waals surface area contributed by atoms with E-state index in [1.807, 2.05) is 6.92 Å². The average molecular weight is 433 g/mol. The van der Waals surface area contributed by atoms with E-state index in [1.54, 1.807) is 0 Å². The van der Waals surface area contributed by atoms with Gasteiger partial charge >= 0.3 is 0 Å². The summed E-state index contributed by atoms with van der Waals surface area (Å²) in [6, 6.07) is 4.10. The summed E-state index contributed by atoms with van der Waals surface area (Å²) >= 11 is 0. The van der Waals surface area contributed by atoms with Gasteiger partial charge in [-0.25, -0.2) is 0 Å². The first kappa shape index (κ1) is 27.0. The van der Waals surface area contributed by atoms with Crippen LogP contribution in [0.3, 0.4) is 0 Å². The van der Waals surface area contributed by atoms with Crippen LogP contribution in [0.5, 0.6) is 5.75 Å². The van der Waals surface area contributed by atoms with E-state index in [0.717, 1.165) is 48.9 Å². The smallest absolute Gasteiger partial charge is 0.220 e. The van der Waals surface area contributed by atoms with E-state index < -0.39 is 0 Å². The van der Waals surface area contributed by atoms with Crippen molar-refractivity contribution in [2.45, 2.75) is 104 Å². The first-order valence-corrected chi connectivity index (χ1v) is 11.8. The minimum absolute atomic E-state index is 0.0675. The molecule has 0 atom stereocenters. The van der Waals surface area contributed by atoms with Crippen LogP contribution in [0.25, 0.3) is 0 Å². The summed E-state index contributed by atoms with van der Waals surface area (Å²) < 4.78 is 0. The van der Waals surface area contributed by atoms with Crippen LogP contribution in [-0.4, -0.2) is 30.0 Å². The van der Waals surface area contributed by atoms with Crippen LogP contribution in [0.15, 0.2) is 12.1 Å². The molecule has 0 saturated carbocycles. The van der Waals surface area contributed by atoms with Crippen molar-refractivity contribution in [1.29, 1.82) is 0 Å². The molecule has 176 valence electrons. The van der Waals surface area contributed by atoms with Crippen molar-refractivity contribution in [1.82, 2.24) is 10.6 Å². The first-order valence-electron chi connectivity index (χ1n) is 11.8. The third kappa shape index (κ3) is 9.75. The van der Waals surface area contributed by atoms with Gasteiger partial charge in [0.15, 0.2) is 0 Å². The molecule has 5 heteroatoms. The number of hydrogen-bond donors (Lipinski definition) is 3. The molecule has 5 nitrogen and oxygen atoms in total. The summed E-state index contributed by atoms with van der Waals surface area (Å²) in [4.78, 5) is 23.4. The number of amides is 2. The van der Waals surface area contributed by atoms with Gasteiger partial charge in [-0.1, -0.05) is 73.4 Å². The third-order valence-corrected chi connectivity index (χ3v) is 5.50. The quantitative estimate of drug-likeness (QED) is 0.425. The van der Waals surface area contributed by atoms with Crippen LogP contribution >= 0.6 is 0 Å². The number of carbonyl (C=O) groups is 2. The SMILES string of the molecule is CCC(=O)NCCCCCCNC(=O)CCc1cc(C(C)(C)C)c(O)c(C(C)(C)C)c1. The molecule has 0 aliphatic heterocycles. The molecule has 0 heterocycles. The summed E-state index contributed by atoms with van der Waals surface area (Å²) in [7, 11) is 0. The number of aromatic hydroxyl groups is 1. The zero-order valence-corrected chi connectivity index (χ0v) is 20.8. The Balaban J connectivity index is 2.48. The van der Waals surface area contributed by atoms with Gasteiger partial charge < -0.3 is 15.7 Å². The summed E-state index contributed by atoms with van der Waals surface area (Å²) in [5.41, 5.74) is 2.64. The molecule has 0 spiro atoms. The maximum atomic E-state index is 12.3. The molecular weight excluding hydrogens is 388 g/mol. The maximum absolute atomic E-state index is 12.3. The minimum Gasteiger partial charge on any atom is -0.507 e.